The fourth-order valence-corrected chi connectivity index (χ4v) is 3.76. The second kappa shape index (κ2) is 7.00. The van der Waals surface area contributed by atoms with Crippen molar-refractivity contribution in [2.24, 2.45) is 0 Å². The smallest absolute Gasteiger partial charge is 0.410 e. The van der Waals surface area contributed by atoms with Crippen LogP contribution in [-0.2, 0) is 11.3 Å². The number of carboxylic acids is 1. The first-order valence-corrected chi connectivity index (χ1v) is 8.52. The Hall–Kier alpha value is -2.41. The lowest BCUT2D eigenvalue weighted by atomic mass is 10.1. The molecule has 126 valence electrons. The van der Waals surface area contributed by atoms with Crippen molar-refractivity contribution in [1.29, 1.82) is 0 Å². The second-order valence-corrected chi connectivity index (χ2v) is 6.77. The fourth-order valence-electron chi connectivity index (χ4n) is 2.73. The summed E-state index contributed by atoms with van der Waals surface area (Å²) < 4.78 is 5.34. The van der Waals surface area contributed by atoms with Crippen molar-refractivity contribution < 1.29 is 19.4 Å². The monoisotopic (exact) mass is 346 g/mol. The Morgan fingerprint density at radius 2 is 2.12 bits per heavy atom. The number of ether oxygens (including phenoxy) is 1. The number of carboxylic acid groups (broad SMARTS) is 1. The van der Waals surface area contributed by atoms with Gasteiger partial charge in [0.1, 0.15) is 11.5 Å². The molecule has 3 rings (SSSR count). The Morgan fingerprint density at radius 3 is 2.79 bits per heavy atom. The molecule has 1 aromatic heterocycles. The molecule has 1 aliphatic heterocycles. The van der Waals surface area contributed by atoms with Crippen LogP contribution in [0.5, 0.6) is 0 Å². The lowest BCUT2D eigenvalue weighted by Gasteiger charge is -2.16. The summed E-state index contributed by atoms with van der Waals surface area (Å²) in [7, 11) is 0. The molecule has 1 aliphatic rings. The zero-order valence-corrected chi connectivity index (χ0v) is 14.1. The minimum atomic E-state index is -0.951. The van der Waals surface area contributed by atoms with E-state index in [2.05, 4.69) is 4.98 Å². The molecule has 1 unspecified atom stereocenters. The van der Waals surface area contributed by atoms with Crippen molar-refractivity contribution in [3.8, 4) is 0 Å². The van der Waals surface area contributed by atoms with Gasteiger partial charge in [0.25, 0.3) is 0 Å². The summed E-state index contributed by atoms with van der Waals surface area (Å²) in [6.45, 7) is 3.06. The van der Waals surface area contributed by atoms with Crippen molar-refractivity contribution in [2.45, 2.75) is 25.9 Å². The number of likely N-dealkylation sites (tertiary alicyclic amines) is 1. The predicted octanol–water partition coefficient (Wildman–Crippen LogP) is 3.28. The van der Waals surface area contributed by atoms with Gasteiger partial charge in [0.2, 0.25) is 0 Å². The Balaban J connectivity index is 1.57. The highest BCUT2D eigenvalue weighted by Gasteiger charge is 2.31. The highest BCUT2D eigenvalue weighted by Crippen LogP contribution is 2.32. The van der Waals surface area contributed by atoms with Crippen LogP contribution in [0, 0.1) is 6.92 Å². The zero-order chi connectivity index (χ0) is 17.1. The van der Waals surface area contributed by atoms with E-state index in [0.29, 0.717) is 18.8 Å². The van der Waals surface area contributed by atoms with Crippen LogP contribution in [0.4, 0.5) is 4.79 Å². The van der Waals surface area contributed by atoms with E-state index >= 15 is 0 Å². The molecule has 6 nitrogen and oxygen atoms in total. The average molecular weight is 346 g/mol. The number of hydrogen-bond acceptors (Lipinski definition) is 5. The van der Waals surface area contributed by atoms with Gasteiger partial charge in [-0.1, -0.05) is 30.3 Å². The van der Waals surface area contributed by atoms with Crippen LogP contribution in [0.3, 0.4) is 0 Å². The Morgan fingerprint density at radius 1 is 1.38 bits per heavy atom. The molecule has 0 aliphatic carbocycles. The van der Waals surface area contributed by atoms with Gasteiger partial charge < -0.3 is 14.7 Å². The van der Waals surface area contributed by atoms with Crippen molar-refractivity contribution in [1.82, 2.24) is 9.88 Å². The molecule has 0 bridgehead atoms. The molecule has 7 heteroatoms. The molecular weight excluding hydrogens is 328 g/mol. The molecule has 2 aromatic rings. The molecule has 24 heavy (non-hydrogen) atoms. The summed E-state index contributed by atoms with van der Waals surface area (Å²) in [5.41, 5.74) is 1.48. The molecule has 2 heterocycles. The number of carbonyl (C=O) groups excluding carboxylic acids is 1. The van der Waals surface area contributed by atoms with E-state index in [9.17, 15) is 9.59 Å². The third-order valence-corrected chi connectivity index (χ3v) is 5.32. The quantitative estimate of drug-likeness (QED) is 0.919. The molecule has 1 aromatic carbocycles. The predicted molar refractivity (Wildman–Crippen MR) is 89.4 cm³/mol. The molecular formula is C17H18N2O4S. The summed E-state index contributed by atoms with van der Waals surface area (Å²) in [5.74, 6) is -0.876. The van der Waals surface area contributed by atoms with Gasteiger partial charge in [0.15, 0.2) is 0 Å². The largest absolute Gasteiger partial charge is 0.477 e. The summed E-state index contributed by atoms with van der Waals surface area (Å²) in [4.78, 5) is 29.6. The van der Waals surface area contributed by atoms with Gasteiger partial charge in [0.05, 0.1) is 10.7 Å². The fraction of sp³-hybridized carbons (Fsp3) is 0.353. The SMILES string of the molecule is Cc1nc(C2CCN(C(=O)OCc3ccccc3)C2)sc1C(=O)O. The number of rotatable bonds is 4. The molecule has 1 atom stereocenters. The van der Waals surface area contributed by atoms with Crippen LogP contribution >= 0.6 is 11.3 Å². The summed E-state index contributed by atoms with van der Waals surface area (Å²) in [6.07, 6.45) is 0.431. The number of aromatic nitrogens is 1. The highest BCUT2D eigenvalue weighted by molar-refractivity contribution is 7.13. The normalized spacial score (nSPS) is 17.0. The van der Waals surface area contributed by atoms with E-state index in [1.165, 1.54) is 11.3 Å². The third kappa shape index (κ3) is 3.56. The molecule has 1 amide bonds. The molecule has 1 fully saturated rings. The number of nitrogens with zero attached hydrogens (tertiary/aromatic N) is 2. The summed E-state index contributed by atoms with van der Waals surface area (Å²) in [5, 5.41) is 9.91. The van der Waals surface area contributed by atoms with E-state index in [4.69, 9.17) is 9.84 Å². The van der Waals surface area contributed by atoms with Crippen LogP contribution in [0.2, 0.25) is 0 Å². The van der Waals surface area contributed by atoms with Crippen molar-refractivity contribution in [2.75, 3.05) is 13.1 Å². The van der Waals surface area contributed by atoms with Crippen LogP contribution in [-0.4, -0.2) is 40.1 Å². The van der Waals surface area contributed by atoms with Gasteiger partial charge in [-0.3, -0.25) is 0 Å². The lowest BCUT2D eigenvalue weighted by molar-refractivity contribution is 0.0701. The molecule has 1 saturated heterocycles. The number of aromatic carboxylic acids is 1. The molecule has 1 N–H and O–H groups in total. The van der Waals surface area contributed by atoms with Crippen LogP contribution in [0.25, 0.3) is 0 Å². The lowest BCUT2D eigenvalue weighted by Crippen LogP contribution is -2.29. The number of thiazole rings is 1. The van der Waals surface area contributed by atoms with E-state index in [1.54, 1.807) is 11.8 Å². The number of carbonyl (C=O) groups is 2. The van der Waals surface area contributed by atoms with Gasteiger partial charge in [-0.15, -0.1) is 11.3 Å². The van der Waals surface area contributed by atoms with Gasteiger partial charge in [-0.05, 0) is 18.9 Å². The first-order valence-electron chi connectivity index (χ1n) is 7.71. The van der Waals surface area contributed by atoms with Gasteiger partial charge >= 0.3 is 12.1 Å². The van der Waals surface area contributed by atoms with Crippen molar-refractivity contribution in [3.05, 3.63) is 51.5 Å². The number of hydrogen-bond donors (Lipinski definition) is 1. The Kier molecular flexibility index (Phi) is 4.80. The van der Waals surface area contributed by atoms with E-state index in [-0.39, 0.29) is 23.5 Å². The maximum absolute atomic E-state index is 12.2. The van der Waals surface area contributed by atoms with Crippen molar-refractivity contribution in [3.63, 3.8) is 0 Å². The number of amides is 1. The number of benzene rings is 1. The van der Waals surface area contributed by atoms with Gasteiger partial charge in [0, 0.05) is 19.0 Å². The van der Waals surface area contributed by atoms with Crippen LogP contribution in [0.15, 0.2) is 30.3 Å². The van der Waals surface area contributed by atoms with E-state index in [1.807, 2.05) is 30.3 Å². The van der Waals surface area contributed by atoms with Crippen molar-refractivity contribution >= 4 is 23.4 Å². The van der Waals surface area contributed by atoms with E-state index in [0.717, 1.165) is 17.0 Å². The van der Waals surface area contributed by atoms with E-state index < -0.39 is 5.97 Å². The van der Waals surface area contributed by atoms with Gasteiger partial charge in [-0.25, -0.2) is 14.6 Å². The topological polar surface area (TPSA) is 79.7 Å². The summed E-state index contributed by atoms with van der Waals surface area (Å²) in [6, 6.07) is 9.54. The molecule has 0 saturated carbocycles. The van der Waals surface area contributed by atoms with Crippen LogP contribution < -0.4 is 0 Å². The van der Waals surface area contributed by atoms with Gasteiger partial charge in [-0.2, -0.15) is 0 Å². The standard InChI is InChI=1S/C17H18N2O4S/c1-11-14(16(20)21)24-15(18-11)13-7-8-19(9-13)17(22)23-10-12-5-3-2-4-6-12/h2-6,13H,7-10H2,1H3,(H,20,21). The average Bonchev–Trinajstić information content (AvgIpc) is 3.20. The second-order valence-electron chi connectivity index (χ2n) is 5.74. The minimum Gasteiger partial charge on any atom is -0.477 e. The first kappa shape index (κ1) is 16.4. The third-order valence-electron chi connectivity index (χ3n) is 4.01. The summed E-state index contributed by atoms with van der Waals surface area (Å²) >= 11 is 1.20. The maximum Gasteiger partial charge on any atom is 0.410 e. The molecule has 0 radical (unpaired) electrons. The number of aryl methyl sites for hydroxylation is 1. The first-order chi connectivity index (χ1) is 11.5. The Bertz CT molecular complexity index is 744. The molecule has 0 spiro atoms. The highest BCUT2D eigenvalue weighted by atomic mass is 32.1. The zero-order valence-electron chi connectivity index (χ0n) is 13.3. The minimum absolute atomic E-state index is 0.0751. The maximum atomic E-state index is 12.2. The Labute approximate surface area is 143 Å². The van der Waals surface area contributed by atoms with Crippen LogP contribution in [0.1, 0.15) is 38.3 Å².